The third-order valence-corrected chi connectivity index (χ3v) is 4.51. The van der Waals surface area contributed by atoms with Gasteiger partial charge in [-0.25, -0.2) is 4.57 Å². The SMILES string of the molecule is NC(=O)c1cc(OP(=O)(O)C[C@@H]2C=CC[C@H](O)C2)ccn1. The molecule has 0 aliphatic heterocycles. The van der Waals surface area contributed by atoms with Gasteiger partial charge in [-0.3, -0.25) is 9.78 Å². The van der Waals surface area contributed by atoms with Gasteiger partial charge < -0.3 is 20.3 Å². The molecule has 4 N–H and O–H groups in total. The van der Waals surface area contributed by atoms with Crippen LogP contribution in [0.15, 0.2) is 30.5 Å². The van der Waals surface area contributed by atoms with Crippen molar-refractivity contribution < 1.29 is 23.9 Å². The molecule has 1 aromatic rings. The molecule has 7 nitrogen and oxygen atoms in total. The third-order valence-electron chi connectivity index (χ3n) is 3.09. The van der Waals surface area contributed by atoms with Gasteiger partial charge in [-0.05, 0) is 24.8 Å². The highest BCUT2D eigenvalue weighted by Gasteiger charge is 2.28. The molecule has 0 aromatic carbocycles. The molecular formula is C13H17N2O5P. The Labute approximate surface area is 122 Å². The number of hydrogen-bond acceptors (Lipinski definition) is 5. The fourth-order valence-electron chi connectivity index (χ4n) is 2.19. The number of primary amides is 1. The number of aliphatic hydroxyl groups excluding tert-OH is 1. The van der Waals surface area contributed by atoms with Crippen molar-refractivity contribution in [2.75, 3.05) is 6.16 Å². The second-order valence-electron chi connectivity index (χ2n) is 4.97. The van der Waals surface area contributed by atoms with Crippen molar-refractivity contribution in [1.29, 1.82) is 0 Å². The number of rotatable bonds is 5. The summed E-state index contributed by atoms with van der Waals surface area (Å²) in [5, 5.41) is 9.54. The summed E-state index contributed by atoms with van der Waals surface area (Å²) in [5.41, 5.74) is 5.04. The first-order chi connectivity index (χ1) is 9.85. The van der Waals surface area contributed by atoms with Gasteiger partial charge >= 0.3 is 7.60 Å². The van der Waals surface area contributed by atoms with Crippen molar-refractivity contribution in [2.24, 2.45) is 11.7 Å². The third kappa shape index (κ3) is 4.67. The second kappa shape index (κ2) is 6.39. The average molecular weight is 312 g/mol. The number of nitrogens with zero attached hydrogens (tertiary/aromatic N) is 1. The number of nitrogens with two attached hydrogens (primary N) is 1. The Balaban J connectivity index is 2.05. The normalized spacial score (nSPS) is 24.3. The van der Waals surface area contributed by atoms with Gasteiger partial charge in [0.15, 0.2) is 0 Å². The number of carbonyl (C=O) groups is 1. The summed E-state index contributed by atoms with van der Waals surface area (Å²) in [6.07, 6.45) is 5.25. The summed E-state index contributed by atoms with van der Waals surface area (Å²) in [7, 11) is -3.90. The zero-order chi connectivity index (χ0) is 15.5. The van der Waals surface area contributed by atoms with E-state index in [2.05, 4.69) is 4.98 Å². The van der Waals surface area contributed by atoms with Crippen molar-refractivity contribution >= 4 is 13.5 Å². The number of pyridine rings is 1. The number of aliphatic hydroxyl groups is 1. The van der Waals surface area contributed by atoms with E-state index in [-0.39, 0.29) is 23.5 Å². The molecule has 0 bridgehead atoms. The van der Waals surface area contributed by atoms with E-state index >= 15 is 0 Å². The number of amides is 1. The largest absolute Gasteiger partial charge is 0.424 e. The van der Waals surface area contributed by atoms with Crippen LogP contribution >= 0.6 is 7.60 Å². The van der Waals surface area contributed by atoms with Crippen LogP contribution in [-0.2, 0) is 4.57 Å². The topological polar surface area (TPSA) is 123 Å². The molecule has 1 heterocycles. The molecule has 0 radical (unpaired) electrons. The van der Waals surface area contributed by atoms with Crippen LogP contribution < -0.4 is 10.3 Å². The molecule has 0 spiro atoms. The second-order valence-corrected chi connectivity index (χ2v) is 6.79. The molecular weight excluding hydrogens is 295 g/mol. The Morgan fingerprint density at radius 2 is 2.33 bits per heavy atom. The highest BCUT2D eigenvalue weighted by atomic mass is 31.2. The van der Waals surface area contributed by atoms with Gasteiger partial charge in [-0.15, -0.1) is 0 Å². The van der Waals surface area contributed by atoms with Crippen LogP contribution in [-0.4, -0.2) is 33.2 Å². The minimum Gasteiger partial charge on any atom is -0.424 e. The van der Waals surface area contributed by atoms with Crippen LogP contribution in [0, 0.1) is 5.92 Å². The summed E-state index contributed by atoms with van der Waals surface area (Å²) >= 11 is 0. The van der Waals surface area contributed by atoms with E-state index in [1.807, 2.05) is 0 Å². The predicted octanol–water partition coefficient (Wildman–Crippen LogP) is 1.07. The Hall–Kier alpha value is -1.69. The standard InChI is InChI=1S/C13H17N2O5P/c14-13(17)12-7-11(4-5-15-12)20-21(18,19)8-9-2-1-3-10(16)6-9/h1-2,4-5,7,9-10,16H,3,6,8H2,(H2,14,17)(H,18,19)/t9-,10+/m1/s1. The summed E-state index contributed by atoms with van der Waals surface area (Å²) < 4.78 is 17.2. The molecule has 0 saturated heterocycles. The van der Waals surface area contributed by atoms with E-state index in [4.69, 9.17) is 10.3 Å². The smallest absolute Gasteiger partial charge is 0.377 e. The molecule has 1 aliphatic carbocycles. The molecule has 0 saturated carbocycles. The van der Waals surface area contributed by atoms with Gasteiger partial charge in [0, 0.05) is 12.3 Å². The molecule has 0 fully saturated rings. The molecule has 21 heavy (non-hydrogen) atoms. The van der Waals surface area contributed by atoms with E-state index in [0.29, 0.717) is 12.8 Å². The molecule has 1 amide bonds. The number of hydrogen-bond donors (Lipinski definition) is 3. The minimum atomic E-state index is -3.90. The Morgan fingerprint density at radius 3 is 3.00 bits per heavy atom. The van der Waals surface area contributed by atoms with Gasteiger partial charge in [0.05, 0.1) is 12.3 Å². The van der Waals surface area contributed by atoms with E-state index in [1.165, 1.54) is 18.3 Å². The fourth-order valence-corrected chi connectivity index (χ4v) is 3.57. The van der Waals surface area contributed by atoms with Crippen molar-refractivity contribution in [3.05, 3.63) is 36.2 Å². The number of allylic oxidation sites excluding steroid dienone is 1. The first kappa shape index (κ1) is 15.7. The lowest BCUT2D eigenvalue weighted by molar-refractivity contribution is 0.0995. The van der Waals surface area contributed by atoms with Gasteiger partial charge in [0.1, 0.15) is 11.4 Å². The van der Waals surface area contributed by atoms with Gasteiger partial charge in [-0.1, -0.05) is 12.2 Å². The maximum absolute atomic E-state index is 12.1. The number of carbonyl (C=O) groups excluding carboxylic acids is 1. The Bertz CT molecular complexity index is 604. The molecule has 1 unspecified atom stereocenters. The van der Waals surface area contributed by atoms with Gasteiger partial charge in [0.25, 0.3) is 5.91 Å². The van der Waals surface area contributed by atoms with E-state index in [0.717, 1.165) is 0 Å². The summed E-state index contributed by atoms with van der Waals surface area (Å²) in [4.78, 5) is 24.6. The van der Waals surface area contributed by atoms with Crippen LogP contribution in [0.2, 0.25) is 0 Å². The zero-order valence-electron chi connectivity index (χ0n) is 11.3. The van der Waals surface area contributed by atoms with Crippen molar-refractivity contribution in [3.63, 3.8) is 0 Å². The fraction of sp³-hybridized carbons (Fsp3) is 0.385. The molecule has 114 valence electrons. The number of aromatic nitrogens is 1. The highest BCUT2D eigenvalue weighted by molar-refractivity contribution is 7.53. The lowest BCUT2D eigenvalue weighted by Crippen LogP contribution is -2.19. The van der Waals surface area contributed by atoms with E-state index < -0.39 is 19.6 Å². The summed E-state index contributed by atoms with van der Waals surface area (Å²) in [5.74, 6) is -0.904. The van der Waals surface area contributed by atoms with Gasteiger partial charge in [-0.2, -0.15) is 0 Å². The Kier molecular flexibility index (Phi) is 4.77. The van der Waals surface area contributed by atoms with Gasteiger partial charge in [0.2, 0.25) is 0 Å². The predicted molar refractivity (Wildman–Crippen MR) is 75.9 cm³/mol. The zero-order valence-corrected chi connectivity index (χ0v) is 12.1. The monoisotopic (exact) mass is 312 g/mol. The lowest BCUT2D eigenvalue weighted by atomic mass is 9.95. The molecule has 8 heteroatoms. The molecule has 1 aromatic heterocycles. The molecule has 1 aliphatic rings. The van der Waals surface area contributed by atoms with Crippen LogP contribution in [0.3, 0.4) is 0 Å². The first-order valence-corrected chi connectivity index (χ1v) is 8.24. The Morgan fingerprint density at radius 1 is 1.57 bits per heavy atom. The van der Waals surface area contributed by atoms with Crippen molar-refractivity contribution in [1.82, 2.24) is 4.98 Å². The quantitative estimate of drug-likeness (QED) is 0.552. The van der Waals surface area contributed by atoms with E-state index in [9.17, 15) is 19.4 Å². The maximum atomic E-state index is 12.1. The average Bonchev–Trinajstić information content (AvgIpc) is 2.37. The van der Waals surface area contributed by atoms with Crippen LogP contribution in [0.4, 0.5) is 0 Å². The van der Waals surface area contributed by atoms with Crippen LogP contribution in [0.5, 0.6) is 5.75 Å². The highest BCUT2D eigenvalue weighted by Crippen LogP contribution is 2.45. The lowest BCUT2D eigenvalue weighted by Gasteiger charge is -2.23. The summed E-state index contributed by atoms with van der Waals surface area (Å²) in [6, 6.07) is 2.59. The maximum Gasteiger partial charge on any atom is 0.377 e. The molecule has 2 rings (SSSR count). The van der Waals surface area contributed by atoms with Crippen molar-refractivity contribution in [2.45, 2.75) is 18.9 Å². The van der Waals surface area contributed by atoms with Crippen LogP contribution in [0.25, 0.3) is 0 Å². The molecule has 3 atom stereocenters. The van der Waals surface area contributed by atoms with Crippen LogP contribution in [0.1, 0.15) is 23.3 Å². The van der Waals surface area contributed by atoms with E-state index in [1.54, 1.807) is 12.2 Å². The first-order valence-electron chi connectivity index (χ1n) is 6.48. The van der Waals surface area contributed by atoms with Crippen molar-refractivity contribution in [3.8, 4) is 5.75 Å². The summed E-state index contributed by atoms with van der Waals surface area (Å²) in [6.45, 7) is 0. The minimum absolute atomic E-state index is 0.0412.